The Morgan fingerprint density at radius 1 is 1.32 bits per heavy atom. The average Bonchev–Trinajstić information content (AvgIpc) is 2.95. The van der Waals surface area contributed by atoms with E-state index >= 15 is 0 Å². The number of carbonyl (C=O) groups is 1. The highest BCUT2D eigenvalue weighted by Gasteiger charge is 2.20. The van der Waals surface area contributed by atoms with Crippen LogP contribution >= 0.6 is 11.6 Å². The number of nitrogens with zero attached hydrogens (tertiary/aromatic N) is 4. The van der Waals surface area contributed by atoms with Crippen molar-refractivity contribution >= 4 is 17.5 Å². The summed E-state index contributed by atoms with van der Waals surface area (Å²) in [5, 5.41) is 3.29. The number of imidazole rings is 1. The van der Waals surface area contributed by atoms with Crippen molar-refractivity contribution in [3.05, 3.63) is 29.4 Å². The number of hydrogen-bond acceptors (Lipinski definition) is 4. The summed E-state index contributed by atoms with van der Waals surface area (Å²) in [5.41, 5.74) is 0.960. The first-order valence-corrected chi connectivity index (χ1v) is 7.83. The van der Waals surface area contributed by atoms with Gasteiger partial charge in [0.2, 0.25) is 0 Å². The maximum Gasteiger partial charge on any atom is 0.271 e. The second-order valence-corrected chi connectivity index (χ2v) is 6.00. The van der Waals surface area contributed by atoms with Crippen LogP contribution in [0, 0.1) is 0 Å². The molecular formula is C15H18ClN5O. The molecule has 2 aromatic heterocycles. The summed E-state index contributed by atoms with van der Waals surface area (Å²) in [6, 6.07) is 0.215. The lowest BCUT2D eigenvalue weighted by Crippen LogP contribution is -2.36. The van der Waals surface area contributed by atoms with E-state index in [1.807, 2.05) is 7.05 Å². The van der Waals surface area contributed by atoms with E-state index in [0.717, 1.165) is 31.4 Å². The SMILES string of the molecule is Cn1cncc1-c1ncc(Cl)c(C(=O)NC2CCCCC2)n1. The molecule has 22 heavy (non-hydrogen) atoms. The summed E-state index contributed by atoms with van der Waals surface area (Å²) < 4.78 is 1.80. The van der Waals surface area contributed by atoms with E-state index in [9.17, 15) is 4.79 Å². The van der Waals surface area contributed by atoms with Gasteiger partial charge in [0, 0.05) is 13.1 Å². The van der Waals surface area contributed by atoms with Crippen LogP contribution in [0.2, 0.25) is 5.02 Å². The Labute approximate surface area is 133 Å². The van der Waals surface area contributed by atoms with Gasteiger partial charge in [-0.1, -0.05) is 30.9 Å². The van der Waals surface area contributed by atoms with E-state index in [1.165, 1.54) is 12.6 Å². The minimum atomic E-state index is -0.234. The van der Waals surface area contributed by atoms with Crippen LogP contribution in [0.4, 0.5) is 0 Å². The molecule has 0 aliphatic heterocycles. The summed E-state index contributed by atoms with van der Waals surface area (Å²) in [6.45, 7) is 0. The van der Waals surface area contributed by atoms with Crippen molar-refractivity contribution in [2.75, 3.05) is 0 Å². The zero-order valence-electron chi connectivity index (χ0n) is 12.4. The molecular weight excluding hydrogens is 302 g/mol. The second-order valence-electron chi connectivity index (χ2n) is 5.59. The van der Waals surface area contributed by atoms with Crippen molar-refractivity contribution in [1.29, 1.82) is 0 Å². The lowest BCUT2D eigenvalue weighted by molar-refractivity contribution is 0.0922. The minimum Gasteiger partial charge on any atom is -0.348 e. The van der Waals surface area contributed by atoms with Gasteiger partial charge in [0.15, 0.2) is 11.5 Å². The first kappa shape index (κ1) is 15.0. The Morgan fingerprint density at radius 3 is 2.77 bits per heavy atom. The first-order chi connectivity index (χ1) is 10.6. The number of nitrogens with one attached hydrogen (secondary N) is 1. The van der Waals surface area contributed by atoms with Crippen LogP contribution in [0.1, 0.15) is 42.6 Å². The number of halogens is 1. The third-order valence-corrected chi connectivity index (χ3v) is 4.22. The molecule has 0 aromatic carbocycles. The smallest absolute Gasteiger partial charge is 0.271 e. The average molecular weight is 320 g/mol. The Bertz CT molecular complexity index is 678. The van der Waals surface area contributed by atoms with E-state index in [4.69, 9.17) is 11.6 Å². The van der Waals surface area contributed by atoms with Gasteiger partial charge in [0.25, 0.3) is 5.91 Å². The van der Waals surface area contributed by atoms with Gasteiger partial charge in [-0.2, -0.15) is 0 Å². The zero-order valence-corrected chi connectivity index (χ0v) is 13.2. The lowest BCUT2D eigenvalue weighted by Gasteiger charge is -2.22. The van der Waals surface area contributed by atoms with Gasteiger partial charge in [-0.3, -0.25) is 4.79 Å². The fourth-order valence-electron chi connectivity index (χ4n) is 2.72. The molecule has 0 atom stereocenters. The van der Waals surface area contributed by atoms with Crippen LogP contribution in [-0.4, -0.2) is 31.5 Å². The topological polar surface area (TPSA) is 72.7 Å². The largest absolute Gasteiger partial charge is 0.348 e. The molecule has 0 radical (unpaired) electrons. The highest BCUT2D eigenvalue weighted by Crippen LogP contribution is 2.21. The fraction of sp³-hybridized carbons (Fsp3) is 0.467. The number of aryl methyl sites for hydroxylation is 1. The van der Waals surface area contributed by atoms with Gasteiger partial charge in [-0.15, -0.1) is 0 Å². The second kappa shape index (κ2) is 6.44. The molecule has 1 aliphatic carbocycles. The summed E-state index contributed by atoms with van der Waals surface area (Å²) in [4.78, 5) is 25.0. The Morgan fingerprint density at radius 2 is 2.09 bits per heavy atom. The molecule has 0 saturated heterocycles. The Kier molecular flexibility index (Phi) is 4.38. The van der Waals surface area contributed by atoms with E-state index < -0.39 is 0 Å². The van der Waals surface area contributed by atoms with Gasteiger partial charge in [-0.05, 0) is 12.8 Å². The summed E-state index contributed by atoms with van der Waals surface area (Å²) in [6.07, 6.45) is 10.4. The molecule has 1 aliphatic rings. The molecule has 2 heterocycles. The van der Waals surface area contributed by atoms with E-state index in [0.29, 0.717) is 5.82 Å². The molecule has 1 fully saturated rings. The predicted octanol–water partition coefficient (Wildman–Crippen LogP) is 2.59. The quantitative estimate of drug-likeness (QED) is 0.943. The first-order valence-electron chi connectivity index (χ1n) is 7.45. The molecule has 2 aromatic rings. The zero-order chi connectivity index (χ0) is 15.5. The van der Waals surface area contributed by atoms with Crippen LogP contribution in [0.25, 0.3) is 11.5 Å². The van der Waals surface area contributed by atoms with Crippen LogP contribution in [-0.2, 0) is 7.05 Å². The number of hydrogen-bond donors (Lipinski definition) is 1. The third-order valence-electron chi connectivity index (χ3n) is 3.95. The molecule has 0 spiro atoms. The van der Waals surface area contributed by atoms with Gasteiger partial charge in [0.05, 0.1) is 23.7 Å². The summed E-state index contributed by atoms with van der Waals surface area (Å²) in [5.74, 6) is 0.209. The van der Waals surface area contributed by atoms with Crippen molar-refractivity contribution in [3.8, 4) is 11.5 Å². The van der Waals surface area contributed by atoms with Gasteiger partial charge in [0.1, 0.15) is 5.69 Å². The van der Waals surface area contributed by atoms with Gasteiger partial charge >= 0.3 is 0 Å². The number of amides is 1. The molecule has 1 saturated carbocycles. The molecule has 116 valence electrons. The van der Waals surface area contributed by atoms with Gasteiger partial charge < -0.3 is 9.88 Å². The molecule has 0 unspecified atom stereocenters. The molecule has 6 nitrogen and oxygen atoms in total. The van der Waals surface area contributed by atoms with E-state index in [2.05, 4.69) is 20.3 Å². The summed E-state index contributed by atoms with van der Waals surface area (Å²) >= 11 is 6.10. The van der Waals surface area contributed by atoms with Crippen molar-refractivity contribution in [2.24, 2.45) is 7.05 Å². The lowest BCUT2D eigenvalue weighted by atomic mass is 9.95. The minimum absolute atomic E-state index is 0.215. The van der Waals surface area contributed by atoms with Crippen molar-refractivity contribution in [1.82, 2.24) is 24.8 Å². The van der Waals surface area contributed by atoms with Crippen LogP contribution < -0.4 is 5.32 Å². The third kappa shape index (κ3) is 3.11. The van der Waals surface area contributed by atoms with E-state index in [1.54, 1.807) is 17.1 Å². The maximum atomic E-state index is 12.4. The number of aromatic nitrogens is 4. The Hall–Kier alpha value is -1.95. The normalized spacial score (nSPS) is 15.7. The molecule has 1 amide bonds. The molecule has 7 heteroatoms. The highest BCUT2D eigenvalue weighted by atomic mass is 35.5. The summed E-state index contributed by atoms with van der Waals surface area (Å²) in [7, 11) is 1.85. The molecule has 1 N–H and O–H groups in total. The van der Waals surface area contributed by atoms with Crippen molar-refractivity contribution < 1.29 is 4.79 Å². The molecule has 3 rings (SSSR count). The number of carbonyl (C=O) groups excluding carboxylic acids is 1. The maximum absolute atomic E-state index is 12.4. The van der Waals surface area contributed by atoms with Crippen LogP contribution in [0.3, 0.4) is 0 Å². The fourth-order valence-corrected chi connectivity index (χ4v) is 2.90. The Balaban J connectivity index is 1.83. The van der Waals surface area contributed by atoms with Crippen LogP contribution in [0.15, 0.2) is 18.7 Å². The monoisotopic (exact) mass is 319 g/mol. The van der Waals surface area contributed by atoms with Gasteiger partial charge in [-0.25, -0.2) is 15.0 Å². The standard InChI is InChI=1S/C15H18ClN5O/c1-21-9-17-8-12(21)14-18-7-11(16)13(20-14)15(22)19-10-5-3-2-4-6-10/h7-10H,2-6H2,1H3,(H,19,22). The molecule has 0 bridgehead atoms. The van der Waals surface area contributed by atoms with Crippen molar-refractivity contribution in [2.45, 2.75) is 38.1 Å². The van der Waals surface area contributed by atoms with Crippen molar-refractivity contribution in [3.63, 3.8) is 0 Å². The predicted molar refractivity (Wildman–Crippen MR) is 83.6 cm³/mol. The number of rotatable bonds is 3. The van der Waals surface area contributed by atoms with E-state index in [-0.39, 0.29) is 22.7 Å². The highest BCUT2D eigenvalue weighted by molar-refractivity contribution is 6.33. The van der Waals surface area contributed by atoms with Crippen LogP contribution in [0.5, 0.6) is 0 Å².